The van der Waals surface area contributed by atoms with Gasteiger partial charge in [-0.2, -0.15) is 0 Å². The molecule has 6 aromatic carbocycles. The maximum Gasteiger partial charge on any atom is 0.333 e. The first kappa shape index (κ1) is 23.1. The minimum atomic E-state index is 0.0300. The number of fused-ring (bicyclic) bond motifs is 18. The molecule has 0 saturated heterocycles. The zero-order valence-corrected chi connectivity index (χ0v) is 25.8. The van der Waals surface area contributed by atoms with Gasteiger partial charge in [0.25, 0.3) is 0 Å². The van der Waals surface area contributed by atoms with Crippen molar-refractivity contribution >= 4 is 125 Å². The molecule has 46 heavy (non-hydrogen) atoms. The normalized spacial score (nSPS) is 13.6. The summed E-state index contributed by atoms with van der Waals surface area (Å²) in [6.07, 6.45) is 0. The fourth-order valence-electron chi connectivity index (χ4n) is 9.06. The number of rotatable bonds is 0. The molecular weight excluding hydrogens is 599 g/mol. The van der Waals surface area contributed by atoms with Gasteiger partial charge in [-0.25, -0.2) is 0 Å². The van der Waals surface area contributed by atoms with Crippen LogP contribution in [0.25, 0.3) is 101 Å². The molecule has 0 aliphatic carbocycles. The molecule has 0 spiro atoms. The topological polar surface area (TPSA) is 23.0 Å². The molecule has 0 fully saturated rings. The lowest BCUT2D eigenvalue weighted by atomic mass is 9.45. The van der Waals surface area contributed by atoms with E-state index in [9.17, 15) is 0 Å². The highest BCUT2D eigenvalue weighted by Gasteiger charge is 2.43. The van der Waals surface area contributed by atoms with Gasteiger partial charge in [-0.1, -0.05) is 91.0 Å². The lowest BCUT2D eigenvalue weighted by Crippen LogP contribution is -2.55. The van der Waals surface area contributed by atoms with Crippen molar-refractivity contribution in [3.8, 4) is 16.8 Å². The van der Waals surface area contributed by atoms with Crippen LogP contribution in [0.5, 0.6) is 0 Å². The first-order valence-electron chi connectivity index (χ1n) is 15.7. The minimum absolute atomic E-state index is 0.0300. The van der Waals surface area contributed by atoms with E-state index in [0.717, 1.165) is 11.2 Å². The average molecular weight is 619 g/mol. The van der Waals surface area contributed by atoms with Crippen LogP contribution < -0.4 is 10.9 Å². The number of nitrogens with zero attached hydrogens (tertiary/aromatic N) is 2. The van der Waals surface area contributed by atoms with Crippen LogP contribution in [-0.2, 0) is 0 Å². The first-order valence-corrected chi connectivity index (χ1v) is 17.4. The molecule has 6 heteroatoms. The average Bonchev–Trinajstić information content (AvgIpc) is 3.89. The second-order valence-electron chi connectivity index (χ2n) is 12.8. The van der Waals surface area contributed by atoms with Crippen molar-refractivity contribution < 1.29 is 4.42 Å². The second-order valence-corrected chi connectivity index (χ2v) is 14.8. The quantitative estimate of drug-likeness (QED) is 0.155. The lowest BCUT2D eigenvalue weighted by Gasteiger charge is -2.34. The fourth-order valence-corrected chi connectivity index (χ4v) is 11.5. The van der Waals surface area contributed by atoms with Gasteiger partial charge >= 0.3 is 6.85 Å². The summed E-state index contributed by atoms with van der Waals surface area (Å²) in [5, 5.41) is 9.08. The number of aromatic nitrogens is 2. The predicted molar refractivity (Wildman–Crippen MR) is 198 cm³/mol. The standard InChI is InChI=1S/C40H19BN2OS2/c1-4-16-28-21(9-1)33-29(44-28)19-26-20-12-7-14-25-35(20)43(37-23-11-3-6-18-31(23)45-39(25)37)41-27-15-8-13-24-32-22-10-2-5-17-30(22)46-40(32)42(36(24)27)38(33)34(26)41/h1-19H. The maximum atomic E-state index is 6.72. The molecule has 13 rings (SSSR count). The van der Waals surface area contributed by atoms with Gasteiger partial charge in [0.1, 0.15) is 16.0 Å². The number of furan rings is 1. The van der Waals surface area contributed by atoms with Gasteiger partial charge in [0.15, 0.2) is 0 Å². The Morgan fingerprint density at radius 1 is 0.543 bits per heavy atom. The van der Waals surface area contributed by atoms with E-state index in [0.29, 0.717) is 0 Å². The molecule has 0 bridgehead atoms. The minimum Gasteiger partial charge on any atom is -0.456 e. The van der Waals surface area contributed by atoms with Crippen LogP contribution in [0.3, 0.4) is 0 Å². The Morgan fingerprint density at radius 2 is 1.28 bits per heavy atom. The molecule has 0 amide bonds. The molecule has 0 radical (unpaired) electrons. The summed E-state index contributed by atoms with van der Waals surface area (Å²) < 4.78 is 16.1. The van der Waals surface area contributed by atoms with E-state index in [1.165, 1.54) is 101 Å². The van der Waals surface area contributed by atoms with E-state index in [-0.39, 0.29) is 6.85 Å². The van der Waals surface area contributed by atoms with Crippen LogP contribution in [0.2, 0.25) is 0 Å². The number of para-hydroxylation sites is 3. The molecule has 210 valence electrons. The molecule has 5 aromatic heterocycles. The summed E-state index contributed by atoms with van der Waals surface area (Å²) in [5.74, 6) is 0. The number of thiophene rings is 2. The van der Waals surface area contributed by atoms with Crippen LogP contribution in [0, 0.1) is 0 Å². The highest BCUT2D eigenvalue weighted by molar-refractivity contribution is 7.27. The molecular formula is C40H19BN2OS2. The Kier molecular flexibility index (Phi) is 3.80. The zero-order chi connectivity index (χ0) is 29.4. The summed E-state index contributed by atoms with van der Waals surface area (Å²) in [4.78, 5) is 1.31. The summed E-state index contributed by atoms with van der Waals surface area (Å²) in [6, 6.07) is 42.7. The first-order chi connectivity index (χ1) is 22.8. The predicted octanol–water partition coefficient (Wildman–Crippen LogP) is 10.2. The molecule has 0 saturated carbocycles. The summed E-state index contributed by atoms with van der Waals surface area (Å²) in [5.41, 5.74) is 12.5. The number of hydrogen-bond acceptors (Lipinski definition) is 3. The van der Waals surface area contributed by atoms with Gasteiger partial charge in [-0.05, 0) is 40.8 Å². The van der Waals surface area contributed by atoms with Crippen LogP contribution in [0.4, 0.5) is 0 Å². The van der Waals surface area contributed by atoms with E-state index in [1.807, 2.05) is 22.7 Å². The molecule has 0 N–H and O–H groups in total. The van der Waals surface area contributed by atoms with Crippen LogP contribution in [0.1, 0.15) is 0 Å². The largest absolute Gasteiger partial charge is 0.456 e. The number of benzene rings is 6. The highest BCUT2D eigenvalue weighted by atomic mass is 32.1. The Balaban J connectivity index is 1.36. The van der Waals surface area contributed by atoms with Crippen molar-refractivity contribution in [3.63, 3.8) is 0 Å². The van der Waals surface area contributed by atoms with E-state index >= 15 is 0 Å². The third-order valence-electron chi connectivity index (χ3n) is 10.7. The smallest absolute Gasteiger partial charge is 0.333 e. The van der Waals surface area contributed by atoms with Crippen LogP contribution in [0.15, 0.2) is 120 Å². The van der Waals surface area contributed by atoms with Crippen molar-refractivity contribution in [1.82, 2.24) is 9.05 Å². The van der Waals surface area contributed by atoms with Gasteiger partial charge in [-0.3, -0.25) is 0 Å². The van der Waals surface area contributed by atoms with Gasteiger partial charge in [-0.15, -0.1) is 22.7 Å². The summed E-state index contributed by atoms with van der Waals surface area (Å²) in [7, 11) is 0. The maximum absolute atomic E-state index is 6.72. The Labute approximate surface area is 269 Å². The van der Waals surface area contributed by atoms with Crippen molar-refractivity contribution in [3.05, 3.63) is 115 Å². The Morgan fingerprint density at radius 3 is 2.20 bits per heavy atom. The van der Waals surface area contributed by atoms with Crippen LogP contribution >= 0.6 is 22.7 Å². The monoisotopic (exact) mass is 618 g/mol. The third kappa shape index (κ3) is 2.39. The van der Waals surface area contributed by atoms with Gasteiger partial charge < -0.3 is 13.5 Å². The van der Waals surface area contributed by atoms with E-state index in [1.54, 1.807) is 0 Å². The Bertz CT molecular complexity index is 3220. The second kappa shape index (κ2) is 7.56. The third-order valence-corrected chi connectivity index (χ3v) is 13.0. The van der Waals surface area contributed by atoms with E-state index in [4.69, 9.17) is 4.42 Å². The molecule has 2 aliphatic heterocycles. The van der Waals surface area contributed by atoms with Crippen molar-refractivity contribution in [1.29, 1.82) is 0 Å². The van der Waals surface area contributed by atoms with E-state index in [2.05, 4.69) is 124 Å². The highest BCUT2D eigenvalue weighted by Crippen LogP contribution is 2.50. The fraction of sp³-hybridized carbons (Fsp3) is 0. The van der Waals surface area contributed by atoms with Crippen molar-refractivity contribution in [2.75, 3.05) is 0 Å². The van der Waals surface area contributed by atoms with Gasteiger partial charge in [0, 0.05) is 52.8 Å². The van der Waals surface area contributed by atoms with Gasteiger partial charge in [0.2, 0.25) is 0 Å². The van der Waals surface area contributed by atoms with Gasteiger partial charge in [0.05, 0.1) is 26.8 Å². The molecule has 0 atom stereocenters. The number of hydrogen-bond donors (Lipinski definition) is 0. The SMILES string of the molecule is c1ccc2c(c1)oc1cc3c4c(c12)-n1c2sc5ccccc5c2c2cccc(c21)B4n1c2c-3cccc2c2sc3ccccc3c21. The van der Waals surface area contributed by atoms with Crippen LogP contribution in [-0.4, -0.2) is 15.9 Å². The molecule has 0 unspecified atom stereocenters. The molecule has 3 nitrogen and oxygen atoms in total. The van der Waals surface area contributed by atoms with Crippen molar-refractivity contribution in [2.24, 2.45) is 0 Å². The lowest BCUT2D eigenvalue weighted by molar-refractivity contribution is 0.669. The molecule has 11 aromatic rings. The molecule has 7 heterocycles. The molecule has 2 aliphatic rings. The Hall–Kier alpha value is -5.30. The van der Waals surface area contributed by atoms with Crippen molar-refractivity contribution in [2.45, 2.75) is 0 Å². The zero-order valence-electron chi connectivity index (χ0n) is 24.2. The summed E-state index contributed by atoms with van der Waals surface area (Å²) >= 11 is 3.83. The van der Waals surface area contributed by atoms with E-state index < -0.39 is 0 Å². The summed E-state index contributed by atoms with van der Waals surface area (Å²) in [6.45, 7) is 0.0300.